The summed E-state index contributed by atoms with van der Waals surface area (Å²) in [6.07, 6.45) is 1.67. The largest absolute Gasteiger partial charge is 0.493 e. The number of nitrogens with one attached hydrogen (secondary N) is 2. The standard InChI is InChI=1S/C22H21N3O5S2/c1-13-4-7-15(8-5-13)20(27)24-23-19(26)12-25-21(28)18(32-22(25)31)11-14-6-9-16(29-2)17(10-14)30-3/h4-11H,12H2,1-3H3,(H,23,26)(H,24,27)/b18-11-. The van der Waals surface area contributed by atoms with Gasteiger partial charge in [0.25, 0.3) is 17.7 Å². The van der Waals surface area contributed by atoms with Gasteiger partial charge in [-0.05, 0) is 42.8 Å². The van der Waals surface area contributed by atoms with Gasteiger partial charge in [0, 0.05) is 5.56 Å². The van der Waals surface area contributed by atoms with Crippen LogP contribution in [0.25, 0.3) is 6.08 Å². The second kappa shape index (κ2) is 10.3. The molecule has 0 saturated carbocycles. The van der Waals surface area contributed by atoms with Crippen molar-refractivity contribution in [3.63, 3.8) is 0 Å². The van der Waals surface area contributed by atoms with Crippen molar-refractivity contribution in [2.75, 3.05) is 20.8 Å². The van der Waals surface area contributed by atoms with Crippen molar-refractivity contribution >= 4 is 52.1 Å². The minimum absolute atomic E-state index is 0.252. The molecule has 1 heterocycles. The Kier molecular flexibility index (Phi) is 7.49. The fraction of sp³-hybridized carbons (Fsp3) is 0.182. The zero-order valence-corrected chi connectivity index (χ0v) is 19.3. The molecule has 1 saturated heterocycles. The number of thioether (sulfide) groups is 1. The van der Waals surface area contributed by atoms with Crippen molar-refractivity contribution < 1.29 is 23.9 Å². The third kappa shape index (κ3) is 5.45. The summed E-state index contributed by atoms with van der Waals surface area (Å²) in [7, 11) is 3.06. The third-order valence-corrected chi connectivity index (χ3v) is 5.89. The van der Waals surface area contributed by atoms with Gasteiger partial charge in [-0.25, -0.2) is 0 Å². The summed E-state index contributed by atoms with van der Waals surface area (Å²) in [6, 6.07) is 12.1. The number of ether oxygens (including phenoxy) is 2. The lowest BCUT2D eigenvalue weighted by atomic mass is 10.1. The molecular weight excluding hydrogens is 450 g/mol. The molecule has 1 aliphatic heterocycles. The third-order valence-electron chi connectivity index (χ3n) is 4.51. The van der Waals surface area contributed by atoms with E-state index in [4.69, 9.17) is 21.7 Å². The highest BCUT2D eigenvalue weighted by Gasteiger charge is 2.33. The van der Waals surface area contributed by atoms with Crippen LogP contribution in [0.3, 0.4) is 0 Å². The smallest absolute Gasteiger partial charge is 0.269 e. The number of amides is 3. The molecule has 0 spiro atoms. The Bertz CT molecular complexity index is 1100. The van der Waals surface area contributed by atoms with E-state index in [9.17, 15) is 14.4 Å². The van der Waals surface area contributed by atoms with Crippen LogP contribution in [0.4, 0.5) is 0 Å². The molecule has 0 radical (unpaired) electrons. The lowest BCUT2D eigenvalue weighted by Gasteiger charge is -2.14. The Labute approximate surface area is 194 Å². The topological polar surface area (TPSA) is 97.0 Å². The summed E-state index contributed by atoms with van der Waals surface area (Å²) in [5.41, 5.74) is 6.77. The minimum atomic E-state index is -0.575. The number of carbonyl (C=O) groups excluding carboxylic acids is 3. The summed E-state index contributed by atoms with van der Waals surface area (Å²) in [5, 5.41) is 0. The second-order valence-electron chi connectivity index (χ2n) is 6.75. The normalized spacial score (nSPS) is 14.5. The fourth-order valence-corrected chi connectivity index (χ4v) is 4.07. The molecule has 2 N–H and O–H groups in total. The average Bonchev–Trinajstić information content (AvgIpc) is 3.05. The van der Waals surface area contributed by atoms with Crippen LogP contribution in [-0.2, 0) is 9.59 Å². The van der Waals surface area contributed by atoms with E-state index in [1.165, 1.54) is 19.1 Å². The Morgan fingerprint density at radius 2 is 1.75 bits per heavy atom. The van der Waals surface area contributed by atoms with Crippen LogP contribution < -0.4 is 20.3 Å². The van der Waals surface area contributed by atoms with Crippen LogP contribution in [0, 0.1) is 6.92 Å². The molecule has 2 aromatic carbocycles. The monoisotopic (exact) mass is 471 g/mol. The van der Waals surface area contributed by atoms with E-state index in [1.54, 1.807) is 48.5 Å². The molecule has 32 heavy (non-hydrogen) atoms. The number of hydrazine groups is 1. The first kappa shape index (κ1) is 23.3. The lowest BCUT2D eigenvalue weighted by Crippen LogP contribution is -2.47. The zero-order valence-electron chi connectivity index (χ0n) is 17.6. The summed E-state index contributed by atoms with van der Waals surface area (Å²) >= 11 is 6.35. The minimum Gasteiger partial charge on any atom is -0.493 e. The predicted molar refractivity (Wildman–Crippen MR) is 126 cm³/mol. The number of methoxy groups -OCH3 is 2. The van der Waals surface area contributed by atoms with Crippen molar-refractivity contribution in [2.45, 2.75) is 6.92 Å². The number of benzene rings is 2. The molecule has 0 atom stereocenters. The molecule has 3 rings (SSSR count). The molecular formula is C22H21N3O5S2. The maximum Gasteiger partial charge on any atom is 0.269 e. The highest BCUT2D eigenvalue weighted by molar-refractivity contribution is 8.26. The quantitative estimate of drug-likeness (QED) is 0.380. The molecule has 0 aliphatic carbocycles. The van der Waals surface area contributed by atoms with Gasteiger partial charge in [-0.1, -0.05) is 47.7 Å². The van der Waals surface area contributed by atoms with Crippen LogP contribution in [0.15, 0.2) is 47.4 Å². The Morgan fingerprint density at radius 1 is 1.06 bits per heavy atom. The first-order valence-electron chi connectivity index (χ1n) is 9.45. The number of rotatable bonds is 6. The summed E-state index contributed by atoms with van der Waals surface area (Å²) in [4.78, 5) is 38.7. The van der Waals surface area contributed by atoms with Gasteiger partial charge in [0.05, 0.1) is 19.1 Å². The molecule has 0 bridgehead atoms. The zero-order chi connectivity index (χ0) is 23.3. The van der Waals surface area contributed by atoms with Crippen LogP contribution >= 0.6 is 24.0 Å². The van der Waals surface area contributed by atoms with E-state index in [-0.39, 0.29) is 10.9 Å². The molecule has 3 amide bonds. The molecule has 0 unspecified atom stereocenters. The first-order valence-corrected chi connectivity index (χ1v) is 10.7. The second-order valence-corrected chi connectivity index (χ2v) is 8.43. The van der Waals surface area contributed by atoms with Crippen LogP contribution in [-0.4, -0.2) is 47.7 Å². The molecule has 1 aliphatic rings. The maximum atomic E-state index is 12.8. The highest BCUT2D eigenvalue weighted by atomic mass is 32.2. The Hall–Kier alpha value is -3.37. The Morgan fingerprint density at radius 3 is 2.41 bits per heavy atom. The fourth-order valence-electron chi connectivity index (χ4n) is 2.82. The average molecular weight is 472 g/mol. The summed E-state index contributed by atoms with van der Waals surface area (Å²) in [6.45, 7) is 1.59. The molecule has 1 fully saturated rings. The van der Waals surface area contributed by atoms with Gasteiger partial charge in [0.15, 0.2) is 11.5 Å². The van der Waals surface area contributed by atoms with Gasteiger partial charge in [-0.2, -0.15) is 0 Å². The number of hydrogen-bond donors (Lipinski definition) is 2. The van der Waals surface area contributed by atoms with Crippen LogP contribution in [0.5, 0.6) is 11.5 Å². The van der Waals surface area contributed by atoms with Crippen molar-refractivity contribution in [1.82, 2.24) is 15.8 Å². The van der Waals surface area contributed by atoms with Crippen molar-refractivity contribution in [3.05, 3.63) is 64.1 Å². The van der Waals surface area contributed by atoms with E-state index in [0.29, 0.717) is 22.0 Å². The van der Waals surface area contributed by atoms with Gasteiger partial charge in [0.2, 0.25) is 0 Å². The summed E-state index contributed by atoms with van der Waals surface area (Å²) in [5.74, 6) is -0.331. The molecule has 8 nitrogen and oxygen atoms in total. The lowest BCUT2D eigenvalue weighted by molar-refractivity contribution is -0.129. The number of nitrogens with zero attached hydrogens (tertiary/aromatic N) is 1. The number of thiocarbonyl (C=S) groups is 1. The molecule has 2 aromatic rings. The molecule has 166 valence electrons. The molecule has 10 heteroatoms. The molecule has 0 aromatic heterocycles. The summed E-state index contributed by atoms with van der Waals surface area (Å²) < 4.78 is 10.7. The van der Waals surface area contributed by atoms with Gasteiger partial charge in [0.1, 0.15) is 10.9 Å². The van der Waals surface area contributed by atoms with Crippen molar-refractivity contribution in [2.24, 2.45) is 0 Å². The van der Waals surface area contributed by atoms with Gasteiger partial charge >= 0.3 is 0 Å². The number of hydrogen-bond acceptors (Lipinski definition) is 7. The SMILES string of the molecule is COc1ccc(/C=C2\SC(=S)N(CC(=O)NNC(=O)c3ccc(C)cc3)C2=O)cc1OC. The van der Waals surface area contributed by atoms with Gasteiger partial charge in [-0.15, -0.1) is 0 Å². The van der Waals surface area contributed by atoms with E-state index in [0.717, 1.165) is 22.9 Å². The van der Waals surface area contributed by atoms with Gasteiger partial charge in [-0.3, -0.25) is 30.1 Å². The van der Waals surface area contributed by atoms with Crippen molar-refractivity contribution in [1.29, 1.82) is 0 Å². The van der Waals surface area contributed by atoms with E-state index in [2.05, 4.69) is 10.9 Å². The Balaban J connectivity index is 1.62. The number of aryl methyl sites for hydroxylation is 1. The highest BCUT2D eigenvalue weighted by Crippen LogP contribution is 2.34. The predicted octanol–water partition coefficient (Wildman–Crippen LogP) is 2.67. The first-order chi connectivity index (χ1) is 15.3. The number of carbonyl (C=O) groups is 3. The van der Waals surface area contributed by atoms with E-state index in [1.807, 2.05) is 6.92 Å². The van der Waals surface area contributed by atoms with Crippen LogP contribution in [0.2, 0.25) is 0 Å². The van der Waals surface area contributed by atoms with E-state index < -0.39 is 17.7 Å². The van der Waals surface area contributed by atoms with Gasteiger partial charge < -0.3 is 9.47 Å². The van der Waals surface area contributed by atoms with E-state index >= 15 is 0 Å². The maximum absolute atomic E-state index is 12.8. The van der Waals surface area contributed by atoms with Crippen molar-refractivity contribution in [3.8, 4) is 11.5 Å². The van der Waals surface area contributed by atoms with Crippen LogP contribution in [0.1, 0.15) is 21.5 Å².